The third kappa shape index (κ3) is 4.95. The topological polar surface area (TPSA) is 9.86 Å². The molecule has 0 spiro atoms. The van der Waals surface area contributed by atoms with Crippen LogP contribution in [-0.2, 0) is 0 Å². The molecule has 3 atom stereocenters. The van der Waals surface area contributed by atoms with Gasteiger partial charge in [-0.1, -0.05) is 140 Å². The first-order valence-electron chi connectivity index (χ1n) is 20.2. The molecule has 11 rings (SSSR count). The van der Waals surface area contributed by atoms with Crippen LogP contribution in [0.2, 0.25) is 0 Å². The lowest BCUT2D eigenvalue weighted by atomic mass is 9.72. The van der Waals surface area contributed by atoms with E-state index < -0.39 is 0 Å². The smallest absolute Gasteiger partial charge is 0.0560 e. The van der Waals surface area contributed by atoms with E-state index in [0.717, 1.165) is 6.42 Å². The monoisotopic (exact) mass is 720 g/mol. The zero-order valence-corrected chi connectivity index (χ0v) is 32.4. The molecule has 0 radical (unpaired) electrons. The first-order chi connectivity index (χ1) is 27.4. The summed E-state index contributed by atoms with van der Waals surface area (Å²) in [7, 11) is 0. The Balaban J connectivity index is 1.20. The van der Waals surface area contributed by atoms with E-state index in [2.05, 4.69) is 201 Å². The van der Waals surface area contributed by atoms with Gasteiger partial charge < -0.3 is 9.13 Å². The molecule has 0 fully saturated rings. The van der Waals surface area contributed by atoms with Crippen molar-refractivity contribution in [2.75, 3.05) is 0 Å². The van der Waals surface area contributed by atoms with Crippen molar-refractivity contribution in [2.24, 2.45) is 0 Å². The van der Waals surface area contributed by atoms with Crippen LogP contribution in [0.25, 0.3) is 82.7 Å². The molecule has 0 aliphatic heterocycles. The average Bonchev–Trinajstić information content (AvgIpc) is 3.74. The number of allylic oxidation sites excluding steroid dienone is 4. The number of aromatic nitrogens is 2. The van der Waals surface area contributed by atoms with Crippen molar-refractivity contribution < 1.29 is 0 Å². The Kier molecular flexibility index (Phi) is 7.41. The molecule has 0 saturated heterocycles. The van der Waals surface area contributed by atoms with Crippen LogP contribution >= 0.6 is 0 Å². The zero-order chi connectivity index (χ0) is 37.7. The fourth-order valence-corrected chi connectivity index (χ4v) is 10.0. The fourth-order valence-electron chi connectivity index (χ4n) is 10.0. The second kappa shape index (κ2) is 12.6. The molecule has 2 aromatic heterocycles. The average molecular weight is 721 g/mol. The van der Waals surface area contributed by atoms with Gasteiger partial charge in [-0.15, -0.1) is 0 Å². The number of benzene rings is 7. The van der Waals surface area contributed by atoms with E-state index in [1.165, 1.54) is 105 Å². The first-order valence-corrected chi connectivity index (χ1v) is 20.2. The Bertz CT molecular complexity index is 3110. The lowest BCUT2D eigenvalue weighted by Gasteiger charge is -2.33. The molecule has 2 aliphatic rings. The number of rotatable bonds is 4. The SMILES string of the molecule is Cc1cccc(-c2ccc3c(c2)c2cc4c(cc2n3-c2ccccc2)-c2ccc3c5cc(-c6cccc(C)c6)ccc5n(C5C=CC=CC5)c3c2C(C)C4C)c1. The summed E-state index contributed by atoms with van der Waals surface area (Å²) in [5, 5.41) is 5.30. The Labute approximate surface area is 328 Å². The Morgan fingerprint density at radius 3 is 1.84 bits per heavy atom. The third-order valence-corrected chi connectivity index (χ3v) is 12.9. The summed E-state index contributed by atoms with van der Waals surface area (Å²) in [6, 6.07) is 53.0. The van der Waals surface area contributed by atoms with Crippen LogP contribution in [0.15, 0.2) is 164 Å². The highest BCUT2D eigenvalue weighted by atomic mass is 15.0. The summed E-state index contributed by atoms with van der Waals surface area (Å²) >= 11 is 0. The highest BCUT2D eigenvalue weighted by molar-refractivity contribution is 6.15. The van der Waals surface area contributed by atoms with Crippen molar-refractivity contribution in [3.8, 4) is 39.1 Å². The Hall–Kier alpha value is -6.38. The van der Waals surface area contributed by atoms with E-state index in [1.54, 1.807) is 0 Å². The van der Waals surface area contributed by atoms with E-state index in [0.29, 0.717) is 11.8 Å². The summed E-state index contributed by atoms with van der Waals surface area (Å²) in [6.45, 7) is 9.28. The van der Waals surface area contributed by atoms with Gasteiger partial charge in [-0.25, -0.2) is 0 Å². The summed E-state index contributed by atoms with van der Waals surface area (Å²) in [4.78, 5) is 0. The van der Waals surface area contributed by atoms with Crippen molar-refractivity contribution in [1.29, 1.82) is 0 Å². The van der Waals surface area contributed by atoms with Crippen LogP contribution in [0.3, 0.4) is 0 Å². The predicted molar refractivity (Wildman–Crippen MR) is 238 cm³/mol. The van der Waals surface area contributed by atoms with E-state index >= 15 is 0 Å². The van der Waals surface area contributed by atoms with Crippen LogP contribution in [0.4, 0.5) is 0 Å². The summed E-state index contributed by atoms with van der Waals surface area (Å²) in [5.74, 6) is 0.657. The molecule has 2 heterocycles. The molecule has 2 nitrogen and oxygen atoms in total. The van der Waals surface area contributed by atoms with Crippen molar-refractivity contribution in [3.05, 3.63) is 186 Å². The molecule has 0 N–H and O–H groups in total. The molecule has 2 aliphatic carbocycles. The molecule has 3 unspecified atom stereocenters. The number of nitrogens with zero attached hydrogens (tertiary/aromatic N) is 2. The first kappa shape index (κ1) is 33.0. The number of hydrogen-bond donors (Lipinski definition) is 0. The van der Waals surface area contributed by atoms with Gasteiger partial charge in [-0.2, -0.15) is 0 Å². The molecule has 7 aromatic carbocycles. The zero-order valence-electron chi connectivity index (χ0n) is 32.4. The molecule has 0 amide bonds. The van der Waals surface area contributed by atoms with Gasteiger partial charge >= 0.3 is 0 Å². The molecule has 9 aromatic rings. The maximum absolute atomic E-state index is 2.67. The molecule has 270 valence electrons. The van der Waals surface area contributed by atoms with Crippen molar-refractivity contribution in [2.45, 2.75) is 52.0 Å². The fraction of sp³-hybridized carbons (Fsp3) is 0.148. The molecule has 56 heavy (non-hydrogen) atoms. The van der Waals surface area contributed by atoms with Crippen LogP contribution in [0.5, 0.6) is 0 Å². The van der Waals surface area contributed by atoms with Gasteiger partial charge in [0.2, 0.25) is 0 Å². The molecular weight excluding hydrogens is 677 g/mol. The molecule has 0 bridgehead atoms. The largest absolute Gasteiger partial charge is 0.333 e. The number of fused-ring (bicyclic) bond motifs is 10. The number of para-hydroxylation sites is 1. The van der Waals surface area contributed by atoms with Crippen LogP contribution in [-0.4, -0.2) is 9.13 Å². The van der Waals surface area contributed by atoms with Gasteiger partial charge in [0.1, 0.15) is 0 Å². The summed E-state index contributed by atoms with van der Waals surface area (Å²) in [6.07, 6.45) is 10.1. The van der Waals surface area contributed by atoms with E-state index in [-0.39, 0.29) is 6.04 Å². The number of hydrogen-bond acceptors (Lipinski definition) is 0. The highest BCUT2D eigenvalue weighted by Gasteiger charge is 2.33. The van der Waals surface area contributed by atoms with Gasteiger partial charge in [-0.05, 0) is 125 Å². The normalized spacial score (nSPS) is 17.6. The van der Waals surface area contributed by atoms with Gasteiger partial charge in [0.25, 0.3) is 0 Å². The highest BCUT2D eigenvalue weighted by Crippen LogP contribution is 2.53. The standard InChI is InChI=1S/C54H44N2/c1-33-13-11-15-37(27-33)39-22-26-51-47(29-39)44-24-23-43-46-32-52-49(31-45(46)35(3)36(4)53(43)54(44)56(51)42-19-9-6-10-20-42)48-30-40(38-16-12-14-34(2)28-38)21-25-50(48)55(52)41-17-7-5-8-18-41/h5-19,21-32,35-36,42H,20H2,1-4H3. The van der Waals surface area contributed by atoms with Crippen molar-refractivity contribution >= 4 is 43.6 Å². The summed E-state index contributed by atoms with van der Waals surface area (Å²) < 4.78 is 5.15. The minimum atomic E-state index is 0.255. The van der Waals surface area contributed by atoms with Crippen molar-refractivity contribution in [1.82, 2.24) is 9.13 Å². The van der Waals surface area contributed by atoms with Crippen LogP contribution < -0.4 is 0 Å². The lowest BCUT2D eigenvalue weighted by Crippen LogP contribution is -2.16. The maximum atomic E-state index is 2.67. The molecule has 2 heteroatoms. The maximum Gasteiger partial charge on any atom is 0.0560 e. The minimum absolute atomic E-state index is 0.255. The molecule has 0 saturated carbocycles. The minimum Gasteiger partial charge on any atom is -0.333 e. The van der Waals surface area contributed by atoms with Gasteiger partial charge in [0, 0.05) is 32.7 Å². The predicted octanol–water partition coefficient (Wildman–Crippen LogP) is 14.8. The van der Waals surface area contributed by atoms with Gasteiger partial charge in [-0.3, -0.25) is 0 Å². The Morgan fingerprint density at radius 1 is 0.500 bits per heavy atom. The van der Waals surface area contributed by atoms with Crippen LogP contribution in [0.1, 0.15) is 60.4 Å². The quantitative estimate of drug-likeness (QED) is 0.171. The molecular formula is C54H44N2. The second-order valence-corrected chi connectivity index (χ2v) is 16.3. The lowest BCUT2D eigenvalue weighted by molar-refractivity contribution is 0.607. The third-order valence-electron chi connectivity index (χ3n) is 12.9. The van der Waals surface area contributed by atoms with Gasteiger partial charge in [0.15, 0.2) is 0 Å². The number of aryl methyl sites for hydroxylation is 2. The van der Waals surface area contributed by atoms with Crippen molar-refractivity contribution in [3.63, 3.8) is 0 Å². The summed E-state index contributed by atoms with van der Waals surface area (Å²) in [5.41, 5.74) is 19.6. The van der Waals surface area contributed by atoms with Gasteiger partial charge in [0.05, 0.1) is 22.6 Å². The van der Waals surface area contributed by atoms with E-state index in [4.69, 9.17) is 0 Å². The van der Waals surface area contributed by atoms with E-state index in [1.807, 2.05) is 0 Å². The second-order valence-electron chi connectivity index (χ2n) is 16.3. The Morgan fingerprint density at radius 2 is 1.16 bits per heavy atom. The van der Waals surface area contributed by atoms with Crippen LogP contribution in [0, 0.1) is 13.8 Å². The van der Waals surface area contributed by atoms with E-state index in [9.17, 15) is 0 Å².